The van der Waals surface area contributed by atoms with Gasteiger partial charge in [0, 0.05) is 12.6 Å². The average Bonchev–Trinajstić information content (AvgIpc) is 3.08. The van der Waals surface area contributed by atoms with Crippen LogP contribution in [0.2, 0.25) is 0 Å². The van der Waals surface area contributed by atoms with Gasteiger partial charge in [-0.05, 0) is 48.2 Å². The second-order valence-electron chi connectivity index (χ2n) is 8.15. The monoisotopic (exact) mass is 460 g/mol. The molecular weight excluding hydrogens is 431 g/mol. The maximum Gasteiger partial charge on any atom is 0.247 e. The van der Waals surface area contributed by atoms with Crippen LogP contribution in [0.3, 0.4) is 0 Å². The lowest BCUT2D eigenvalue weighted by Gasteiger charge is -2.32. The molecule has 172 valence electrons. The first-order valence-electron chi connectivity index (χ1n) is 11.1. The molecule has 1 fully saturated rings. The summed E-state index contributed by atoms with van der Waals surface area (Å²) >= 11 is 5.93. The highest BCUT2D eigenvalue weighted by molar-refractivity contribution is 6.27. The van der Waals surface area contributed by atoms with E-state index < -0.39 is 6.04 Å². The van der Waals surface area contributed by atoms with Crippen molar-refractivity contribution < 1.29 is 18.7 Å². The second-order valence-corrected chi connectivity index (χ2v) is 8.42. The Morgan fingerprint density at radius 3 is 2.25 bits per heavy atom. The Bertz CT molecular complexity index is 881. The molecule has 1 atom stereocenters. The van der Waals surface area contributed by atoms with Gasteiger partial charge in [-0.25, -0.2) is 4.39 Å². The third-order valence-electron chi connectivity index (χ3n) is 5.89. The fourth-order valence-electron chi connectivity index (χ4n) is 4.15. The number of hydrogen-bond donors (Lipinski definition) is 1. The number of carbonyl (C=O) groups is 2. The van der Waals surface area contributed by atoms with Gasteiger partial charge in [-0.2, -0.15) is 0 Å². The van der Waals surface area contributed by atoms with E-state index in [1.54, 1.807) is 43.5 Å². The van der Waals surface area contributed by atoms with Gasteiger partial charge in [0.25, 0.3) is 0 Å². The molecule has 1 aliphatic carbocycles. The Hall–Kier alpha value is -2.60. The van der Waals surface area contributed by atoms with Crippen molar-refractivity contribution in [3.05, 3.63) is 65.5 Å². The number of methoxy groups -OCH3 is 1. The lowest BCUT2D eigenvalue weighted by atomic mass is 10.0. The molecule has 1 N–H and O–H groups in total. The van der Waals surface area contributed by atoms with Crippen LogP contribution in [-0.2, 0) is 16.1 Å². The number of nitrogens with one attached hydrogen (secondary N) is 1. The van der Waals surface area contributed by atoms with Crippen LogP contribution in [-0.4, -0.2) is 35.7 Å². The van der Waals surface area contributed by atoms with E-state index in [4.69, 9.17) is 16.3 Å². The van der Waals surface area contributed by atoms with Crippen LogP contribution in [0.25, 0.3) is 0 Å². The largest absolute Gasteiger partial charge is 0.497 e. The first-order valence-corrected chi connectivity index (χ1v) is 11.6. The van der Waals surface area contributed by atoms with Crippen molar-refractivity contribution in [2.75, 3.05) is 13.0 Å². The van der Waals surface area contributed by atoms with Crippen LogP contribution in [0, 0.1) is 5.82 Å². The lowest BCUT2D eigenvalue weighted by molar-refractivity contribution is -0.140. The van der Waals surface area contributed by atoms with Crippen LogP contribution in [0.4, 0.5) is 4.39 Å². The molecule has 1 saturated carbocycles. The molecule has 0 spiro atoms. The molecule has 7 heteroatoms. The number of hydrogen-bond acceptors (Lipinski definition) is 3. The van der Waals surface area contributed by atoms with Gasteiger partial charge in [0.05, 0.1) is 7.11 Å². The van der Waals surface area contributed by atoms with Crippen molar-refractivity contribution in [1.82, 2.24) is 10.2 Å². The number of benzene rings is 2. The molecule has 1 aliphatic rings. The molecule has 5 nitrogen and oxygen atoms in total. The summed E-state index contributed by atoms with van der Waals surface area (Å²) in [5.74, 6) is -0.562. The fourth-order valence-corrected chi connectivity index (χ4v) is 4.30. The van der Waals surface area contributed by atoms with E-state index in [9.17, 15) is 14.0 Å². The molecule has 2 aromatic carbocycles. The molecule has 2 aromatic rings. The van der Waals surface area contributed by atoms with Gasteiger partial charge in [0.2, 0.25) is 11.8 Å². The van der Waals surface area contributed by atoms with Crippen LogP contribution >= 0.6 is 11.6 Å². The van der Waals surface area contributed by atoms with Crippen LogP contribution < -0.4 is 10.1 Å². The average molecular weight is 461 g/mol. The number of rotatable bonds is 8. The van der Waals surface area contributed by atoms with Crippen molar-refractivity contribution in [2.45, 2.75) is 57.2 Å². The molecule has 0 aromatic heterocycles. The highest BCUT2D eigenvalue weighted by Gasteiger charge is 2.32. The number of halogens is 2. The highest BCUT2D eigenvalue weighted by atomic mass is 35.5. The highest BCUT2D eigenvalue weighted by Crippen LogP contribution is 2.27. The van der Waals surface area contributed by atoms with E-state index in [1.807, 2.05) is 0 Å². The molecule has 0 aliphatic heterocycles. The molecule has 32 heavy (non-hydrogen) atoms. The van der Waals surface area contributed by atoms with Gasteiger partial charge in [0.1, 0.15) is 23.5 Å². The summed E-state index contributed by atoms with van der Waals surface area (Å²) < 4.78 is 18.6. The molecular formula is C25H30ClFN2O3. The van der Waals surface area contributed by atoms with Crippen molar-refractivity contribution >= 4 is 23.4 Å². The quantitative estimate of drug-likeness (QED) is 0.446. The number of carbonyl (C=O) groups excluding carboxylic acids is 2. The predicted octanol–water partition coefficient (Wildman–Crippen LogP) is 4.98. The third kappa shape index (κ3) is 6.45. The zero-order valence-electron chi connectivity index (χ0n) is 18.4. The Labute approximate surface area is 193 Å². The summed E-state index contributed by atoms with van der Waals surface area (Å²) in [5, 5.41) is 3.17. The number of alkyl halides is 1. The second kappa shape index (κ2) is 11.9. The fraction of sp³-hybridized carbons (Fsp3) is 0.440. The van der Waals surface area contributed by atoms with Gasteiger partial charge in [0.15, 0.2) is 0 Å². The predicted molar refractivity (Wildman–Crippen MR) is 123 cm³/mol. The lowest BCUT2D eigenvalue weighted by Crippen LogP contribution is -2.46. The van der Waals surface area contributed by atoms with E-state index in [0.29, 0.717) is 16.9 Å². The van der Waals surface area contributed by atoms with E-state index in [1.165, 1.54) is 29.9 Å². The summed E-state index contributed by atoms with van der Waals surface area (Å²) in [6, 6.07) is 12.2. The summed E-state index contributed by atoms with van der Waals surface area (Å²) in [5.41, 5.74) is 1.38. The Morgan fingerprint density at radius 1 is 1.06 bits per heavy atom. The SMILES string of the molecule is COc1ccc([C@@H](C(=O)NC2CCCCCC2)N(Cc2ccc(F)cc2)C(=O)CCl)cc1. The molecule has 0 bridgehead atoms. The number of nitrogens with zero attached hydrogens (tertiary/aromatic N) is 1. The zero-order chi connectivity index (χ0) is 22.9. The Kier molecular flexibility index (Phi) is 8.91. The Morgan fingerprint density at radius 2 is 1.69 bits per heavy atom. The van der Waals surface area contributed by atoms with Crippen molar-refractivity contribution in [1.29, 1.82) is 0 Å². The van der Waals surface area contributed by atoms with Crippen molar-refractivity contribution in [2.24, 2.45) is 0 Å². The maximum absolute atomic E-state index is 13.5. The summed E-state index contributed by atoms with van der Waals surface area (Å²) in [6.45, 7) is 0.139. The topological polar surface area (TPSA) is 58.6 Å². The van der Waals surface area contributed by atoms with Gasteiger partial charge < -0.3 is 15.0 Å². The Balaban J connectivity index is 1.93. The standard InChI is InChI=1S/C25H30ClFN2O3/c1-32-22-14-10-19(11-15-22)24(25(31)28-21-6-4-2-3-5-7-21)29(23(30)16-26)17-18-8-12-20(27)13-9-18/h8-15,21,24H,2-7,16-17H2,1H3,(H,28,31)/t24-/m0/s1. The summed E-state index contributed by atoms with van der Waals surface area (Å²) in [4.78, 5) is 27.9. The van der Waals surface area contributed by atoms with Gasteiger partial charge in [-0.1, -0.05) is 49.9 Å². The summed E-state index contributed by atoms with van der Waals surface area (Å²) in [7, 11) is 1.57. The van der Waals surface area contributed by atoms with E-state index in [0.717, 1.165) is 25.7 Å². The van der Waals surface area contributed by atoms with Crippen molar-refractivity contribution in [3.8, 4) is 5.75 Å². The minimum absolute atomic E-state index is 0.0875. The minimum Gasteiger partial charge on any atom is -0.497 e. The molecule has 0 radical (unpaired) electrons. The summed E-state index contributed by atoms with van der Waals surface area (Å²) in [6.07, 6.45) is 6.38. The smallest absolute Gasteiger partial charge is 0.247 e. The molecule has 0 unspecified atom stereocenters. The third-order valence-corrected chi connectivity index (χ3v) is 6.12. The van der Waals surface area contributed by atoms with E-state index in [2.05, 4.69) is 5.32 Å². The molecule has 0 heterocycles. The van der Waals surface area contributed by atoms with Crippen LogP contribution in [0.15, 0.2) is 48.5 Å². The number of ether oxygens (including phenoxy) is 1. The minimum atomic E-state index is -0.861. The zero-order valence-corrected chi connectivity index (χ0v) is 19.1. The molecule has 3 rings (SSSR count). The number of amides is 2. The van der Waals surface area contributed by atoms with E-state index >= 15 is 0 Å². The van der Waals surface area contributed by atoms with Crippen LogP contribution in [0.5, 0.6) is 5.75 Å². The van der Waals surface area contributed by atoms with Crippen molar-refractivity contribution in [3.63, 3.8) is 0 Å². The van der Waals surface area contributed by atoms with Gasteiger partial charge >= 0.3 is 0 Å². The van der Waals surface area contributed by atoms with E-state index in [-0.39, 0.29) is 36.1 Å². The van der Waals surface area contributed by atoms with Gasteiger partial charge in [-0.15, -0.1) is 11.6 Å². The maximum atomic E-state index is 13.5. The van der Waals surface area contributed by atoms with Crippen LogP contribution in [0.1, 0.15) is 55.7 Å². The normalized spacial score (nSPS) is 15.5. The molecule has 0 saturated heterocycles. The van der Waals surface area contributed by atoms with Gasteiger partial charge in [-0.3, -0.25) is 9.59 Å². The molecule has 2 amide bonds. The first-order chi connectivity index (χ1) is 15.5. The first kappa shape index (κ1) is 24.1.